The number of ether oxygens (including phenoxy) is 1. The summed E-state index contributed by atoms with van der Waals surface area (Å²) in [5.41, 5.74) is 0.896. The number of carbonyl (C=O) groups excluding carboxylic acids is 3. The van der Waals surface area contributed by atoms with Crippen LogP contribution in [0.3, 0.4) is 0 Å². The standard InChI is InChI=1S/C21H21N3O6/c1-14(2)20(26)22-13-19(25)23-18(12-15-6-4-3-5-7-15)21(27)30-17-10-8-16(9-11-17)24(28)29/h3-11,18H,1,12-13H2,2H3,(H,22,26)(H,23,25)/t18-/m1/s1. The minimum absolute atomic E-state index is 0.105. The minimum Gasteiger partial charge on any atom is -0.425 e. The van der Waals surface area contributed by atoms with Gasteiger partial charge in [0.1, 0.15) is 11.8 Å². The lowest BCUT2D eigenvalue weighted by atomic mass is 10.1. The molecule has 0 unspecified atom stereocenters. The first-order chi connectivity index (χ1) is 14.3. The zero-order valence-electron chi connectivity index (χ0n) is 16.3. The third kappa shape index (κ3) is 6.86. The maximum Gasteiger partial charge on any atom is 0.334 e. The molecule has 0 aliphatic carbocycles. The average molecular weight is 411 g/mol. The van der Waals surface area contributed by atoms with Crippen molar-refractivity contribution in [3.8, 4) is 5.75 Å². The summed E-state index contributed by atoms with van der Waals surface area (Å²) in [5.74, 6) is -1.69. The van der Waals surface area contributed by atoms with Crippen LogP contribution >= 0.6 is 0 Å². The van der Waals surface area contributed by atoms with Gasteiger partial charge in [-0.05, 0) is 24.6 Å². The molecule has 9 heteroatoms. The quantitative estimate of drug-likeness (QED) is 0.213. The average Bonchev–Trinajstić information content (AvgIpc) is 2.72. The monoisotopic (exact) mass is 411 g/mol. The highest BCUT2D eigenvalue weighted by Gasteiger charge is 2.24. The Morgan fingerprint density at radius 2 is 1.73 bits per heavy atom. The number of amides is 2. The van der Waals surface area contributed by atoms with Crippen LogP contribution in [0.2, 0.25) is 0 Å². The lowest BCUT2D eigenvalue weighted by molar-refractivity contribution is -0.384. The van der Waals surface area contributed by atoms with Crippen LogP contribution in [0, 0.1) is 10.1 Å². The van der Waals surface area contributed by atoms with Crippen molar-refractivity contribution >= 4 is 23.5 Å². The molecule has 0 radical (unpaired) electrons. The second kappa shape index (κ2) is 10.5. The summed E-state index contributed by atoms with van der Waals surface area (Å²) in [6.07, 6.45) is 0.160. The molecule has 0 aromatic heterocycles. The molecule has 156 valence electrons. The number of nitro benzene ring substituents is 1. The van der Waals surface area contributed by atoms with Crippen LogP contribution in [0.5, 0.6) is 5.75 Å². The Kier molecular flexibility index (Phi) is 7.81. The Morgan fingerprint density at radius 3 is 2.30 bits per heavy atom. The van der Waals surface area contributed by atoms with Crippen LogP contribution in [0.4, 0.5) is 5.69 Å². The van der Waals surface area contributed by atoms with Crippen molar-refractivity contribution in [1.82, 2.24) is 10.6 Å². The molecule has 0 bridgehead atoms. The summed E-state index contributed by atoms with van der Waals surface area (Å²) in [4.78, 5) is 46.6. The third-order valence-corrected chi connectivity index (χ3v) is 3.97. The van der Waals surface area contributed by atoms with Gasteiger partial charge in [-0.2, -0.15) is 0 Å². The molecule has 0 fully saturated rings. The first kappa shape index (κ1) is 22.3. The lowest BCUT2D eigenvalue weighted by Gasteiger charge is -2.18. The number of hydrogen-bond acceptors (Lipinski definition) is 6. The van der Waals surface area contributed by atoms with E-state index >= 15 is 0 Å². The van der Waals surface area contributed by atoms with E-state index in [0.29, 0.717) is 0 Å². The van der Waals surface area contributed by atoms with Crippen molar-refractivity contribution in [2.75, 3.05) is 6.54 Å². The van der Waals surface area contributed by atoms with Crippen LogP contribution in [-0.4, -0.2) is 35.3 Å². The predicted octanol–water partition coefficient (Wildman–Crippen LogP) is 1.92. The third-order valence-electron chi connectivity index (χ3n) is 3.97. The maximum atomic E-state index is 12.6. The van der Waals surface area contributed by atoms with Gasteiger partial charge in [0.2, 0.25) is 11.8 Å². The Balaban J connectivity index is 2.08. The summed E-state index contributed by atoms with van der Waals surface area (Å²) in [7, 11) is 0. The van der Waals surface area contributed by atoms with Crippen molar-refractivity contribution in [3.63, 3.8) is 0 Å². The summed E-state index contributed by atoms with van der Waals surface area (Å²) < 4.78 is 5.27. The molecule has 0 saturated heterocycles. The van der Waals surface area contributed by atoms with E-state index in [1.807, 2.05) is 6.07 Å². The van der Waals surface area contributed by atoms with Gasteiger partial charge < -0.3 is 15.4 Å². The van der Waals surface area contributed by atoms with Gasteiger partial charge in [-0.15, -0.1) is 0 Å². The van der Waals surface area contributed by atoms with E-state index in [-0.39, 0.29) is 30.0 Å². The van der Waals surface area contributed by atoms with E-state index in [2.05, 4.69) is 17.2 Å². The van der Waals surface area contributed by atoms with Crippen molar-refractivity contribution < 1.29 is 24.0 Å². The fourth-order valence-corrected chi connectivity index (χ4v) is 2.42. The van der Waals surface area contributed by atoms with E-state index in [1.54, 1.807) is 24.3 Å². The fraction of sp³-hybridized carbons (Fsp3) is 0.190. The van der Waals surface area contributed by atoms with E-state index < -0.39 is 28.7 Å². The Hall–Kier alpha value is -4.01. The Bertz CT molecular complexity index is 941. The lowest BCUT2D eigenvalue weighted by Crippen LogP contribution is -2.48. The highest BCUT2D eigenvalue weighted by Crippen LogP contribution is 2.18. The normalized spacial score (nSPS) is 11.1. The number of nitrogens with zero attached hydrogens (tertiary/aromatic N) is 1. The number of non-ortho nitro benzene ring substituents is 1. The number of rotatable bonds is 9. The molecule has 0 heterocycles. The van der Waals surface area contributed by atoms with E-state index in [4.69, 9.17) is 4.74 Å². The highest BCUT2D eigenvalue weighted by molar-refractivity contribution is 5.95. The maximum absolute atomic E-state index is 12.6. The first-order valence-electron chi connectivity index (χ1n) is 8.99. The number of nitrogens with one attached hydrogen (secondary N) is 2. The molecule has 2 N–H and O–H groups in total. The fourth-order valence-electron chi connectivity index (χ4n) is 2.42. The molecule has 2 amide bonds. The number of benzene rings is 2. The van der Waals surface area contributed by atoms with Crippen molar-refractivity contribution in [3.05, 3.63) is 82.4 Å². The molecular weight excluding hydrogens is 390 g/mol. The molecule has 2 aromatic rings. The topological polar surface area (TPSA) is 128 Å². The van der Waals surface area contributed by atoms with E-state index in [1.165, 1.54) is 31.2 Å². The Morgan fingerprint density at radius 1 is 1.10 bits per heavy atom. The van der Waals surface area contributed by atoms with Gasteiger partial charge in [0, 0.05) is 24.1 Å². The van der Waals surface area contributed by atoms with Gasteiger partial charge in [0.15, 0.2) is 0 Å². The molecular formula is C21H21N3O6. The highest BCUT2D eigenvalue weighted by atomic mass is 16.6. The Labute approximate surface area is 172 Å². The van der Waals surface area contributed by atoms with Gasteiger partial charge in [0.05, 0.1) is 11.5 Å². The van der Waals surface area contributed by atoms with Crippen LogP contribution in [-0.2, 0) is 20.8 Å². The number of esters is 1. The summed E-state index contributed by atoms with van der Waals surface area (Å²) in [6.45, 7) is 4.66. The van der Waals surface area contributed by atoms with Crippen LogP contribution in [0.15, 0.2) is 66.7 Å². The molecule has 2 rings (SSSR count). The van der Waals surface area contributed by atoms with Crippen LogP contribution in [0.1, 0.15) is 12.5 Å². The van der Waals surface area contributed by atoms with E-state index in [9.17, 15) is 24.5 Å². The van der Waals surface area contributed by atoms with Gasteiger partial charge in [-0.25, -0.2) is 4.79 Å². The molecule has 2 aromatic carbocycles. The molecule has 1 atom stereocenters. The van der Waals surface area contributed by atoms with Gasteiger partial charge in [-0.3, -0.25) is 19.7 Å². The largest absolute Gasteiger partial charge is 0.425 e. The molecule has 9 nitrogen and oxygen atoms in total. The number of hydrogen-bond donors (Lipinski definition) is 2. The molecule has 0 aliphatic heterocycles. The zero-order chi connectivity index (χ0) is 22.1. The predicted molar refractivity (Wildman–Crippen MR) is 109 cm³/mol. The van der Waals surface area contributed by atoms with Gasteiger partial charge in [-0.1, -0.05) is 36.9 Å². The second-order valence-electron chi connectivity index (χ2n) is 6.44. The second-order valence-corrected chi connectivity index (χ2v) is 6.44. The van der Waals surface area contributed by atoms with Crippen molar-refractivity contribution in [2.24, 2.45) is 0 Å². The zero-order valence-corrected chi connectivity index (χ0v) is 16.3. The van der Waals surface area contributed by atoms with Crippen LogP contribution < -0.4 is 15.4 Å². The number of nitro groups is 1. The molecule has 0 spiro atoms. The molecule has 0 aliphatic rings. The smallest absolute Gasteiger partial charge is 0.334 e. The molecule has 0 saturated carbocycles. The SMILES string of the molecule is C=C(C)C(=O)NCC(=O)N[C@H](Cc1ccccc1)C(=O)Oc1ccc([N+](=O)[O-])cc1. The summed E-state index contributed by atoms with van der Waals surface area (Å²) >= 11 is 0. The summed E-state index contributed by atoms with van der Waals surface area (Å²) in [6, 6.07) is 13.0. The van der Waals surface area contributed by atoms with Crippen molar-refractivity contribution in [2.45, 2.75) is 19.4 Å². The minimum atomic E-state index is -1.03. The van der Waals surface area contributed by atoms with E-state index in [0.717, 1.165) is 5.56 Å². The first-order valence-corrected chi connectivity index (χ1v) is 8.99. The van der Waals surface area contributed by atoms with Gasteiger partial charge >= 0.3 is 5.97 Å². The number of carbonyl (C=O) groups is 3. The van der Waals surface area contributed by atoms with Crippen molar-refractivity contribution in [1.29, 1.82) is 0 Å². The van der Waals surface area contributed by atoms with Crippen LogP contribution in [0.25, 0.3) is 0 Å². The van der Waals surface area contributed by atoms with Gasteiger partial charge in [0.25, 0.3) is 5.69 Å². The summed E-state index contributed by atoms with van der Waals surface area (Å²) in [5, 5.41) is 15.7. The molecule has 30 heavy (non-hydrogen) atoms.